The van der Waals surface area contributed by atoms with Gasteiger partial charge in [0.15, 0.2) is 6.29 Å². The molecule has 0 atom stereocenters. The summed E-state index contributed by atoms with van der Waals surface area (Å²) < 4.78 is 4.53. The van der Waals surface area contributed by atoms with Gasteiger partial charge in [0, 0.05) is 12.8 Å². The Morgan fingerprint density at radius 2 is 1.64 bits per heavy atom. The fraction of sp³-hybridized carbons (Fsp3) is 0.818. The van der Waals surface area contributed by atoms with Gasteiger partial charge in [0.2, 0.25) is 0 Å². The van der Waals surface area contributed by atoms with E-state index in [2.05, 4.69) is 4.74 Å². The van der Waals surface area contributed by atoms with E-state index in [0.29, 0.717) is 12.8 Å². The van der Waals surface area contributed by atoms with Crippen molar-refractivity contribution in [2.75, 3.05) is 7.11 Å². The molecule has 3 nitrogen and oxygen atoms in total. The third kappa shape index (κ3) is 9.23. The maximum Gasteiger partial charge on any atom is 0.305 e. The van der Waals surface area contributed by atoms with Crippen molar-refractivity contribution in [3.05, 3.63) is 0 Å². The smallest absolute Gasteiger partial charge is 0.305 e. The normalized spacial score (nSPS) is 9.79. The fourth-order valence-corrected chi connectivity index (χ4v) is 1.28. The van der Waals surface area contributed by atoms with Crippen LogP contribution in [0.3, 0.4) is 0 Å². The molecule has 0 heterocycles. The number of carbonyl (C=O) groups is 1. The fourth-order valence-electron chi connectivity index (χ4n) is 1.28. The summed E-state index contributed by atoms with van der Waals surface area (Å²) in [5.74, 6) is -0.124. The van der Waals surface area contributed by atoms with Crippen LogP contribution in [0, 0.1) is 0 Å². The van der Waals surface area contributed by atoms with Crippen LogP contribution < -0.4 is 0 Å². The number of methoxy groups -OCH3 is 1. The summed E-state index contributed by atoms with van der Waals surface area (Å²) in [5.41, 5.74) is 0. The standard InChI is InChI=1S/C11H19O3/c1-14-11(13)9-7-5-3-2-4-6-8-10-12/h2-9H2,1H3. The van der Waals surface area contributed by atoms with Gasteiger partial charge in [0.05, 0.1) is 7.11 Å². The molecule has 0 aromatic rings. The highest BCUT2D eigenvalue weighted by molar-refractivity contribution is 5.68. The Kier molecular flexibility index (Phi) is 9.59. The van der Waals surface area contributed by atoms with Gasteiger partial charge in [0.1, 0.15) is 0 Å². The Morgan fingerprint density at radius 3 is 2.21 bits per heavy atom. The summed E-state index contributed by atoms with van der Waals surface area (Å²) in [7, 11) is 1.41. The third-order valence-electron chi connectivity index (χ3n) is 2.14. The maximum absolute atomic E-state index is 10.7. The number of unbranched alkanes of at least 4 members (excludes halogenated alkanes) is 6. The summed E-state index contributed by atoms with van der Waals surface area (Å²) in [6.45, 7) is 0. The van der Waals surface area contributed by atoms with Crippen LogP contribution in [0.1, 0.15) is 51.4 Å². The zero-order chi connectivity index (χ0) is 10.6. The molecule has 3 heteroatoms. The average molecular weight is 199 g/mol. The van der Waals surface area contributed by atoms with E-state index in [0.717, 1.165) is 38.5 Å². The van der Waals surface area contributed by atoms with Crippen molar-refractivity contribution in [2.24, 2.45) is 0 Å². The van der Waals surface area contributed by atoms with Crippen LogP contribution in [0.2, 0.25) is 0 Å². The van der Waals surface area contributed by atoms with Crippen molar-refractivity contribution in [1.29, 1.82) is 0 Å². The molecule has 0 aliphatic carbocycles. The number of hydrogen-bond donors (Lipinski definition) is 0. The second kappa shape index (κ2) is 10.2. The second-order valence-corrected chi connectivity index (χ2v) is 3.34. The first-order valence-electron chi connectivity index (χ1n) is 5.23. The number of esters is 1. The highest BCUT2D eigenvalue weighted by atomic mass is 16.5. The highest BCUT2D eigenvalue weighted by Gasteiger charge is 1.98. The van der Waals surface area contributed by atoms with Crippen LogP contribution in [-0.2, 0) is 14.3 Å². The molecule has 0 aromatic heterocycles. The predicted octanol–water partition coefficient (Wildman–Crippen LogP) is 2.39. The van der Waals surface area contributed by atoms with Crippen molar-refractivity contribution >= 4 is 12.3 Å². The minimum absolute atomic E-state index is 0.124. The first kappa shape index (κ1) is 13.1. The molecule has 0 saturated carbocycles. The Labute approximate surface area is 85.8 Å². The Hall–Kier alpha value is -0.860. The molecule has 0 spiro atoms. The van der Waals surface area contributed by atoms with Crippen molar-refractivity contribution in [1.82, 2.24) is 0 Å². The van der Waals surface area contributed by atoms with Gasteiger partial charge in [-0.3, -0.25) is 9.59 Å². The topological polar surface area (TPSA) is 43.4 Å². The number of ether oxygens (including phenoxy) is 1. The van der Waals surface area contributed by atoms with Gasteiger partial charge in [-0.25, -0.2) is 0 Å². The molecule has 0 fully saturated rings. The molecule has 0 bridgehead atoms. The molecule has 0 N–H and O–H groups in total. The van der Waals surface area contributed by atoms with E-state index >= 15 is 0 Å². The molecule has 81 valence electrons. The van der Waals surface area contributed by atoms with E-state index in [-0.39, 0.29) is 5.97 Å². The van der Waals surface area contributed by atoms with Crippen LogP contribution in [0.5, 0.6) is 0 Å². The van der Waals surface area contributed by atoms with Crippen molar-refractivity contribution in [2.45, 2.75) is 51.4 Å². The first-order valence-corrected chi connectivity index (χ1v) is 5.23. The van der Waals surface area contributed by atoms with Gasteiger partial charge in [-0.2, -0.15) is 0 Å². The summed E-state index contributed by atoms with van der Waals surface area (Å²) in [6, 6.07) is 0. The SMILES string of the molecule is COC(=O)CCCCCCCC[C]=O. The lowest BCUT2D eigenvalue weighted by atomic mass is 10.1. The van der Waals surface area contributed by atoms with E-state index in [1.165, 1.54) is 7.11 Å². The van der Waals surface area contributed by atoms with E-state index in [4.69, 9.17) is 0 Å². The van der Waals surface area contributed by atoms with Crippen molar-refractivity contribution in [3.63, 3.8) is 0 Å². The zero-order valence-electron chi connectivity index (χ0n) is 8.88. The molecule has 0 saturated heterocycles. The Morgan fingerprint density at radius 1 is 1.07 bits per heavy atom. The molecular weight excluding hydrogens is 180 g/mol. The largest absolute Gasteiger partial charge is 0.469 e. The van der Waals surface area contributed by atoms with Gasteiger partial charge in [0.25, 0.3) is 0 Å². The second-order valence-electron chi connectivity index (χ2n) is 3.34. The number of hydrogen-bond acceptors (Lipinski definition) is 3. The summed E-state index contributed by atoms with van der Waals surface area (Å²) in [4.78, 5) is 20.6. The lowest BCUT2D eigenvalue weighted by Crippen LogP contribution is -1.99. The molecule has 0 amide bonds. The Bertz CT molecular complexity index is 155. The maximum atomic E-state index is 10.7. The van der Waals surface area contributed by atoms with E-state index in [1.807, 2.05) is 6.29 Å². The predicted molar refractivity (Wildman–Crippen MR) is 54.6 cm³/mol. The summed E-state index contributed by atoms with van der Waals surface area (Å²) >= 11 is 0. The molecule has 0 rings (SSSR count). The van der Waals surface area contributed by atoms with Crippen LogP contribution in [0.25, 0.3) is 0 Å². The molecular formula is C11H19O3. The van der Waals surface area contributed by atoms with Gasteiger partial charge < -0.3 is 4.74 Å². The molecule has 0 aromatic carbocycles. The third-order valence-corrected chi connectivity index (χ3v) is 2.14. The van der Waals surface area contributed by atoms with E-state index in [1.54, 1.807) is 0 Å². The summed E-state index contributed by atoms with van der Waals surface area (Å²) in [6.07, 6.45) is 9.26. The van der Waals surface area contributed by atoms with Gasteiger partial charge in [-0.1, -0.05) is 25.7 Å². The van der Waals surface area contributed by atoms with Crippen LogP contribution in [0.4, 0.5) is 0 Å². The van der Waals surface area contributed by atoms with Crippen molar-refractivity contribution < 1.29 is 14.3 Å². The van der Waals surface area contributed by atoms with Crippen LogP contribution in [0.15, 0.2) is 0 Å². The number of rotatable bonds is 9. The van der Waals surface area contributed by atoms with E-state index < -0.39 is 0 Å². The highest BCUT2D eigenvalue weighted by Crippen LogP contribution is 2.08. The van der Waals surface area contributed by atoms with E-state index in [9.17, 15) is 9.59 Å². The molecule has 14 heavy (non-hydrogen) atoms. The van der Waals surface area contributed by atoms with Gasteiger partial charge in [-0.15, -0.1) is 0 Å². The molecule has 0 aliphatic heterocycles. The molecule has 0 aliphatic rings. The average Bonchev–Trinajstić information content (AvgIpc) is 2.21. The molecule has 0 unspecified atom stereocenters. The molecule has 1 radical (unpaired) electrons. The van der Waals surface area contributed by atoms with Crippen LogP contribution >= 0.6 is 0 Å². The summed E-state index contributed by atoms with van der Waals surface area (Å²) in [5, 5.41) is 0. The van der Waals surface area contributed by atoms with Crippen LogP contribution in [-0.4, -0.2) is 19.4 Å². The first-order chi connectivity index (χ1) is 6.81. The minimum atomic E-state index is -0.124. The quantitative estimate of drug-likeness (QED) is 0.423. The minimum Gasteiger partial charge on any atom is -0.469 e. The van der Waals surface area contributed by atoms with Gasteiger partial charge in [-0.05, 0) is 12.8 Å². The van der Waals surface area contributed by atoms with Gasteiger partial charge >= 0.3 is 5.97 Å². The number of carbonyl (C=O) groups excluding carboxylic acids is 2. The Balaban J connectivity index is 2.98. The zero-order valence-corrected chi connectivity index (χ0v) is 8.88. The monoisotopic (exact) mass is 199 g/mol. The lowest BCUT2D eigenvalue weighted by molar-refractivity contribution is -0.140. The van der Waals surface area contributed by atoms with Crippen molar-refractivity contribution in [3.8, 4) is 0 Å². The lowest BCUT2D eigenvalue weighted by Gasteiger charge is -2.00.